The average Bonchev–Trinajstić information content (AvgIpc) is 3.10. The SMILES string of the molecule is O=C(NCc1ccccc1Cl)C(=O)NC[C@H](c1ccsc1)N1CCCCCC1. The lowest BCUT2D eigenvalue weighted by molar-refractivity contribution is -0.139. The number of rotatable bonds is 6. The number of nitrogens with zero attached hydrogens (tertiary/aromatic N) is 1. The molecule has 1 saturated heterocycles. The Labute approximate surface area is 175 Å². The van der Waals surface area contributed by atoms with E-state index in [9.17, 15) is 9.59 Å². The zero-order valence-corrected chi connectivity index (χ0v) is 17.4. The highest BCUT2D eigenvalue weighted by Gasteiger charge is 2.24. The summed E-state index contributed by atoms with van der Waals surface area (Å²) in [5.74, 6) is -1.25. The number of amides is 2. The molecule has 0 radical (unpaired) electrons. The molecule has 0 bridgehead atoms. The Hall–Kier alpha value is -1.89. The lowest BCUT2D eigenvalue weighted by atomic mass is 10.1. The van der Waals surface area contributed by atoms with Gasteiger partial charge in [-0.3, -0.25) is 14.5 Å². The molecule has 1 atom stereocenters. The summed E-state index contributed by atoms with van der Waals surface area (Å²) in [5.41, 5.74) is 1.98. The number of likely N-dealkylation sites (tertiary alicyclic amines) is 1. The number of hydrogen-bond acceptors (Lipinski definition) is 4. The highest BCUT2D eigenvalue weighted by molar-refractivity contribution is 7.08. The molecule has 3 rings (SSSR count). The fourth-order valence-corrected chi connectivity index (χ4v) is 4.41. The molecular formula is C21H26ClN3O2S. The Balaban J connectivity index is 1.55. The van der Waals surface area contributed by atoms with E-state index in [-0.39, 0.29) is 12.6 Å². The van der Waals surface area contributed by atoms with Gasteiger partial charge in [0.1, 0.15) is 0 Å². The van der Waals surface area contributed by atoms with Crippen LogP contribution in [-0.2, 0) is 16.1 Å². The van der Waals surface area contributed by atoms with Crippen LogP contribution in [-0.4, -0.2) is 36.3 Å². The molecule has 1 aromatic heterocycles. The van der Waals surface area contributed by atoms with E-state index in [4.69, 9.17) is 11.6 Å². The monoisotopic (exact) mass is 419 g/mol. The van der Waals surface area contributed by atoms with Gasteiger partial charge in [0, 0.05) is 18.1 Å². The number of halogens is 1. The molecule has 0 unspecified atom stereocenters. The predicted molar refractivity (Wildman–Crippen MR) is 113 cm³/mol. The van der Waals surface area contributed by atoms with Gasteiger partial charge < -0.3 is 10.6 Å². The van der Waals surface area contributed by atoms with Gasteiger partial charge in [0.15, 0.2) is 0 Å². The Bertz CT molecular complexity index is 774. The molecule has 2 heterocycles. The van der Waals surface area contributed by atoms with Crippen LogP contribution in [0, 0.1) is 0 Å². The Morgan fingerprint density at radius 3 is 2.43 bits per heavy atom. The third-order valence-corrected chi connectivity index (χ3v) is 6.14. The quantitative estimate of drug-likeness (QED) is 0.701. The summed E-state index contributed by atoms with van der Waals surface area (Å²) in [5, 5.41) is 10.2. The molecule has 2 amide bonds. The van der Waals surface area contributed by atoms with Gasteiger partial charge in [-0.25, -0.2) is 0 Å². The molecule has 150 valence electrons. The Kier molecular flexibility index (Phi) is 7.89. The van der Waals surface area contributed by atoms with Gasteiger partial charge in [0.25, 0.3) is 0 Å². The summed E-state index contributed by atoms with van der Waals surface area (Å²) in [6.45, 7) is 2.70. The second-order valence-electron chi connectivity index (χ2n) is 7.01. The smallest absolute Gasteiger partial charge is 0.309 e. The van der Waals surface area contributed by atoms with Crippen molar-refractivity contribution in [1.82, 2.24) is 15.5 Å². The first-order chi connectivity index (χ1) is 13.6. The van der Waals surface area contributed by atoms with Crippen molar-refractivity contribution in [3.05, 3.63) is 57.2 Å². The molecule has 7 heteroatoms. The molecule has 0 saturated carbocycles. The van der Waals surface area contributed by atoms with Crippen LogP contribution >= 0.6 is 22.9 Å². The average molecular weight is 420 g/mol. The van der Waals surface area contributed by atoms with E-state index in [1.54, 1.807) is 17.4 Å². The standard InChI is InChI=1S/C21H26ClN3O2S/c22-18-8-4-3-7-16(18)13-23-20(26)21(27)24-14-19(17-9-12-28-15-17)25-10-5-1-2-6-11-25/h3-4,7-9,12,15,19H,1-2,5-6,10-11,13-14H2,(H,23,26)(H,24,27)/t19-/m1/s1. The molecule has 28 heavy (non-hydrogen) atoms. The van der Waals surface area contributed by atoms with Gasteiger partial charge in [0.2, 0.25) is 0 Å². The van der Waals surface area contributed by atoms with E-state index in [1.165, 1.54) is 31.2 Å². The van der Waals surface area contributed by atoms with E-state index in [0.717, 1.165) is 18.7 Å². The number of nitrogens with one attached hydrogen (secondary N) is 2. The van der Waals surface area contributed by atoms with Crippen molar-refractivity contribution in [2.45, 2.75) is 38.3 Å². The molecule has 0 spiro atoms. The minimum atomic E-state index is -0.639. The maximum atomic E-state index is 12.3. The Morgan fingerprint density at radius 2 is 1.75 bits per heavy atom. The molecular weight excluding hydrogens is 394 g/mol. The molecule has 5 nitrogen and oxygen atoms in total. The van der Waals surface area contributed by atoms with Crippen molar-refractivity contribution >= 4 is 34.8 Å². The first-order valence-corrected chi connectivity index (χ1v) is 11.0. The molecule has 2 N–H and O–H groups in total. The summed E-state index contributed by atoms with van der Waals surface area (Å²) in [4.78, 5) is 26.9. The summed E-state index contributed by atoms with van der Waals surface area (Å²) in [6, 6.07) is 9.46. The van der Waals surface area contributed by atoms with Crippen molar-refractivity contribution in [3.8, 4) is 0 Å². The van der Waals surface area contributed by atoms with Crippen LogP contribution < -0.4 is 10.6 Å². The first kappa shape index (κ1) is 20.8. The number of benzene rings is 1. The van der Waals surface area contributed by atoms with Crippen molar-refractivity contribution < 1.29 is 9.59 Å². The molecule has 1 aliphatic rings. The normalized spacial score (nSPS) is 16.2. The van der Waals surface area contributed by atoms with Gasteiger partial charge in [-0.15, -0.1) is 0 Å². The van der Waals surface area contributed by atoms with Crippen molar-refractivity contribution in [3.63, 3.8) is 0 Å². The second-order valence-corrected chi connectivity index (χ2v) is 8.19. The number of carbonyl (C=O) groups is 2. The third kappa shape index (κ3) is 5.80. The van der Waals surface area contributed by atoms with Gasteiger partial charge in [-0.2, -0.15) is 11.3 Å². The van der Waals surface area contributed by atoms with Crippen molar-refractivity contribution in [2.24, 2.45) is 0 Å². The fourth-order valence-electron chi connectivity index (χ4n) is 3.50. The van der Waals surface area contributed by atoms with Crippen LogP contribution in [0.1, 0.15) is 42.9 Å². The van der Waals surface area contributed by atoms with Crippen LogP contribution in [0.3, 0.4) is 0 Å². The van der Waals surface area contributed by atoms with Crippen LogP contribution in [0.5, 0.6) is 0 Å². The van der Waals surface area contributed by atoms with Crippen molar-refractivity contribution in [1.29, 1.82) is 0 Å². The predicted octanol–water partition coefficient (Wildman–Crippen LogP) is 3.75. The molecule has 0 aliphatic carbocycles. The van der Waals surface area contributed by atoms with E-state index in [0.29, 0.717) is 11.6 Å². The summed E-state index contributed by atoms with van der Waals surface area (Å²) in [6.07, 6.45) is 4.85. The molecule has 2 aromatic rings. The number of thiophene rings is 1. The van der Waals surface area contributed by atoms with Crippen LogP contribution in [0.25, 0.3) is 0 Å². The zero-order chi connectivity index (χ0) is 19.8. The van der Waals surface area contributed by atoms with Crippen molar-refractivity contribution in [2.75, 3.05) is 19.6 Å². The minimum Gasteiger partial charge on any atom is -0.346 e. The van der Waals surface area contributed by atoms with E-state index in [1.807, 2.05) is 18.2 Å². The largest absolute Gasteiger partial charge is 0.346 e. The first-order valence-electron chi connectivity index (χ1n) is 9.70. The van der Waals surface area contributed by atoms with Gasteiger partial charge >= 0.3 is 11.8 Å². The minimum absolute atomic E-state index is 0.102. The lowest BCUT2D eigenvalue weighted by Crippen LogP contribution is -2.44. The maximum absolute atomic E-state index is 12.3. The highest BCUT2D eigenvalue weighted by Crippen LogP contribution is 2.25. The Morgan fingerprint density at radius 1 is 1.04 bits per heavy atom. The van der Waals surface area contributed by atoms with Crippen LogP contribution in [0.4, 0.5) is 0 Å². The highest BCUT2D eigenvalue weighted by atomic mass is 35.5. The lowest BCUT2D eigenvalue weighted by Gasteiger charge is -2.30. The van der Waals surface area contributed by atoms with Gasteiger partial charge in [-0.05, 0) is 60.0 Å². The van der Waals surface area contributed by atoms with E-state index >= 15 is 0 Å². The van der Waals surface area contributed by atoms with Crippen LogP contribution in [0.2, 0.25) is 5.02 Å². The molecule has 1 aliphatic heterocycles. The van der Waals surface area contributed by atoms with E-state index in [2.05, 4.69) is 32.4 Å². The van der Waals surface area contributed by atoms with Gasteiger partial charge in [0.05, 0.1) is 6.04 Å². The number of carbonyl (C=O) groups excluding carboxylic acids is 2. The van der Waals surface area contributed by atoms with E-state index < -0.39 is 11.8 Å². The fraction of sp³-hybridized carbons (Fsp3) is 0.429. The zero-order valence-electron chi connectivity index (χ0n) is 15.8. The third-order valence-electron chi connectivity index (χ3n) is 5.07. The summed E-state index contributed by atoms with van der Waals surface area (Å²) in [7, 11) is 0. The molecule has 1 aromatic carbocycles. The summed E-state index contributed by atoms with van der Waals surface area (Å²) < 4.78 is 0. The van der Waals surface area contributed by atoms with Gasteiger partial charge in [-0.1, -0.05) is 42.6 Å². The topological polar surface area (TPSA) is 61.4 Å². The second kappa shape index (κ2) is 10.6. The van der Waals surface area contributed by atoms with Crippen LogP contribution in [0.15, 0.2) is 41.1 Å². The maximum Gasteiger partial charge on any atom is 0.309 e. The number of hydrogen-bond donors (Lipinski definition) is 2. The summed E-state index contributed by atoms with van der Waals surface area (Å²) >= 11 is 7.74. The molecule has 1 fully saturated rings.